The summed E-state index contributed by atoms with van der Waals surface area (Å²) >= 11 is 0. The van der Waals surface area contributed by atoms with E-state index in [1.165, 1.54) is 128 Å². The van der Waals surface area contributed by atoms with Crippen LogP contribution in [0.4, 0.5) is 0 Å². The molecule has 3 atom stereocenters. The van der Waals surface area contributed by atoms with Gasteiger partial charge in [-0.3, -0.25) is 9.59 Å². The molecule has 0 radical (unpaired) electrons. The molecule has 3 N–H and O–H groups in total. The molecule has 0 saturated heterocycles. The maximum Gasteiger partial charge on any atom is 0.306 e. The van der Waals surface area contributed by atoms with Gasteiger partial charge in [0.1, 0.15) is 6.10 Å². The zero-order valence-corrected chi connectivity index (χ0v) is 39.6. The molecule has 6 heteroatoms. The average Bonchev–Trinajstić information content (AvgIpc) is 3.24. The van der Waals surface area contributed by atoms with Crippen molar-refractivity contribution in [2.75, 3.05) is 6.61 Å². The number of aliphatic hydroxyl groups is 2. The molecule has 0 aliphatic carbocycles. The van der Waals surface area contributed by atoms with Gasteiger partial charge in [-0.15, -0.1) is 0 Å². The zero-order chi connectivity index (χ0) is 43.8. The second-order valence-electron chi connectivity index (χ2n) is 17.3. The summed E-state index contributed by atoms with van der Waals surface area (Å²) in [6.07, 6.45) is 58.4. The first kappa shape index (κ1) is 57.6. The van der Waals surface area contributed by atoms with Crippen LogP contribution < -0.4 is 5.32 Å². The van der Waals surface area contributed by atoms with Crippen LogP contribution in [0.3, 0.4) is 0 Å². The first-order chi connectivity index (χ1) is 29.5. The highest BCUT2D eigenvalue weighted by atomic mass is 16.5. The van der Waals surface area contributed by atoms with Gasteiger partial charge in [-0.2, -0.15) is 0 Å². The van der Waals surface area contributed by atoms with Gasteiger partial charge < -0.3 is 20.3 Å². The second-order valence-corrected chi connectivity index (χ2v) is 17.3. The number of allylic oxidation sites excluding steroid dienone is 10. The number of carbonyl (C=O) groups excluding carboxylic acids is 2. The van der Waals surface area contributed by atoms with Crippen LogP contribution in [-0.4, -0.2) is 46.9 Å². The lowest BCUT2D eigenvalue weighted by molar-refractivity contribution is -0.151. The number of esters is 1. The molecule has 0 aromatic heterocycles. The summed E-state index contributed by atoms with van der Waals surface area (Å²) in [5.74, 6) is -0.512. The largest absolute Gasteiger partial charge is 0.462 e. The number of amides is 1. The summed E-state index contributed by atoms with van der Waals surface area (Å²) in [7, 11) is 0. The van der Waals surface area contributed by atoms with E-state index < -0.39 is 18.2 Å². The molecule has 348 valence electrons. The molecular formula is C54H97NO5. The normalized spacial score (nSPS) is 13.8. The summed E-state index contributed by atoms with van der Waals surface area (Å²) in [4.78, 5) is 26.1. The molecule has 3 unspecified atom stereocenters. The summed E-state index contributed by atoms with van der Waals surface area (Å²) in [5.41, 5.74) is 0. The van der Waals surface area contributed by atoms with Crippen molar-refractivity contribution >= 4 is 11.9 Å². The summed E-state index contributed by atoms with van der Waals surface area (Å²) in [5, 5.41) is 23.7. The summed E-state index contributed by atoms with van der Waals surface area (Å²) in [6.45, 7) is 6.38. The Labute approximate surface area is 371 Å². The third-order valence-corrected chi connectivity index (χ3v) is 11.5. The molecular weight excluding hydrogens is 743 g/mol. The fourth-order valence-corrected chi connectivity index (χ4v) is 7.58. The molecule has 0 saturated carbocycles. The van der Waals surface area contributed by atoms with E-state index in [9.17, 15) is 19.8 Å². The van der Waals surface area contributed by atoms with Crippen molar-refractivity contribution in [1.82, 2.24) is 5.32 Å². The van der Waals surface area contributed by atoms with Gasteiger partial charge >= 0.3 is 5.97 Å². The molecule has 0 aliphatic heterocycles. The van der Waals surface area contributed by atoms with E-state index >= 15 is 0 Å². The standard InChI is InChI=1S/C54H97NO5/c1-4-7-10-13-16-19-22-25-26-27-29-30-33-36-39-42-45-50(60-54(59)47-44-41-38-35-32-24-21-18-15-12-9-6-3)48-53(58)55-51(49-56)52(57)46-43-40-37-34-31-28-23-20-17-14-11-8-5-2/h10,13,16,19,22,25-27,29-30,50-52,56-57H,4-9,11-12,14-15,17-18,20-21,23-24,28,31-49H2,1-3H3,(H,55,58)/b13-10+,19-16+,25-22+,27-26+,30-29+. The Morgan fingerprint density at radius 3 is 1.35 bits per heavy atom. The number of nitrogens with one attached hydrogen (secondary N) is 1. The molecule has 0 spiro atoms. The zero-order valence-electron chi connectivity index (χ0n) is 39.6. The topological polar surface area (TPSA) is 95.9 Å². The first-order valence-corrected chi connectivity index (χ1v) is 25.6. The van der Waals surface area contributed by atoms with Crippen molar-refractivity contribution < 1.29 is 24.5 Å². The van der Waals surface area contributed by atoms with Gasteiger partial charge in [0.05, 0.1) is 25.2 Å². The van der Waals surface area contributed by atoms with Crippen molar-refractivity contribution in [3.8, 4) is 0 Å². The lowest BCUT2D eigenvalue weighted by Gasteiger charge is -2.24. The van der Waals surface area contributed by atoms with Crippen LogP contribution in [-0.2, 0) is 14.3 Å². The first-order valence-electron chi connectivity index (χ1n) is 25.6. The number of carbonyl (C=O) groups is 2. The summed E-state index contributed by atoms with van der Waals surface area (Å²) in [6, 6.07) is -0.715. The summed E-state index contributed by atoms with van der Waals surface area (Å²) < 4.78 is 5.91. The monoisotopic (exact) mass is 840 g/mol. The Balaban J connectivity index is 4.68. The molecule has 0 aliphatic rings. The fourth-order valence-electron chi connectivity index (χ4n) is 7.58. The smallest absolute Gasteiger partial charge is 0.306 e. The Hall–Kier alpha value is -2.44. The van der Waals surface area contributed by atoms with E-state index in [1.807, 2.05) is 36.5 Å². The second kappa shape index (κ2) is 47.6. The van der Waals surface area contributed by atoms with Crippen LogP contribution in [0.5, 0.6) is 0 Å². The molecule has 0 aromatic rings. The molecule has 0 fully saturated rings. The van der Waals surface area contributed by atoms with E-state index in [4.69, 9.17) is 4.74 Å². The highest BCUT2D eigenvalue weighted by Gasteiger charge is 2.24. The molecule has 60 heavy (non-hydrogen) atoms. The van der Waals surface area contributed by atoms with Crippen LogP contribution in [0.15, 0.2) is 60.8 Å². The lowest BCUT2D eigenvalue weighted by atomic mass is 10.0. The SMILES string of the molecule is CCC/C=C/C=C/C=C/C=C/C=C/CCCCCC(CC(=O)NC(CO)C(O)CCCCCCCCCCCCCCC)OC(=O)CCCCCCCCCCCCCC. The van der Waals surface area contributed by atoms with Gasteiger partial charge in [0.2, 0.25) is 5.91 Å². The predicted octanol–water partition coefficient (Wildman–Crippen LogP) is 15.2. The van der Waals surface area contributed by atoms with Crippen LogP contribution in [0.1, 0.15) is 245 Å². The highest BCUT2D eigenvalue weighted by molar-refractivity contribution is 5.77. The molecule has 0 aromatic carbocycles. The number of hydrogen-bond donors (Lipinski definition) is 3. The van der Waals surface area contributed by atoms with Crippen LogP contribution in [0.2, 0.25) is 0 Å². The Kier molecular flexibility index (Phi) is 45.7. The van der Waals surface area contributed by atoms with Gasteiger partial charge in [-0.05, 0) is 44.9 Å². The Bertz CT molecular complexity index is 1080. The lowest BCUT2D eigenvalue weighted by Crippen LogP contribution is -2.46. The van der Waals surface area contributed by atoms with Crippen LogP contribution in [0, 0.1) is 0 Å². The van der Waals surface area contributed by atoms with Gasteiger partial charge in [0.25, 0.3) is 0 Å². The third kappa shape index (κ3) is 42.3. The number of unbranched alkanes of at least 4 members (excludes halogenated alkanes) is 27. The third-order valence-electron chi connectivity index (χ3n) is 11.5. The van der Waals surface area contributed by atoms with Crippen LogP contribution in [0.25, 0.3) is 0 Å². The van der Waals surface area contributed by atoms with Gasteiger partial charge in [-0.1, -0.05) is 248 Å². The number of ether oxygens (including phenoxy) is 1. The molecule has 0 rings (SSSR count). The number of hydrogen-bond acceptors (Lipinski definition) is 5. The van der Waals surface area contributed by atoms with Crippen molar-refractivity contribution in [3.63, 3.8) is 0 Å². The minimum absolute atomic E-state index is 0.0502. The van der Waals surface area contributed by atoms with E-state index in [-0.39, 0.29) is 24.9 Å². The van der Waals surface area contributed by atoms with E-state index in [0.717, 1.165) is 70.6 Å². The van der Waals surface area contributed by atoms with Crippen molar-refractivity contribution in [1.29, 1.82) is 0 Å². The van der Waals surface area contributed by atoms with Crippen molar-refractivity contribution in [2.45, 2.75) is 264 Å². The Morgan fingerprint density at radius 2 is 0.883 bits per heavy atom. The number of aliphatic hydroxyl groups excluding tert-OH is 2. The maximum absolute atomic E-state index is 13.2. The minimum Gasteiger partial charge on any atom is -0.462 e. The average molecular weight is 840 g/mol. The fraction of sp³-hybridized carbons (Fsp3) is 0.778. The maximum atomic E-state index is 13.2. The van der Waals surface area contributed by atoms with Crippen LogP contribution >= 0.6 is 0 Å². The van der Waals surface area contributed by atoms with E-state index in [2.05, 4.69) is 50.4 Å². The van der Waals surface area contributed by atoms with Gasteiger partial charge in [0, 0.05) is 6.42 Å². The van der Waals surface area contributed by atoms with Crippen molar-refractivity contribution in [3.05, 3.63) is 60.8 Å². The molecule has 1 amide bonds. The minimum atomic E-state index is -0.799. The van der Waals surface area contributed by atoms with Crippen molar-refractivity contribution in [2.24, 2.45) is 0 Å². The van der Waals surface area contributed by atoms with Gasteiger partial charge in [-0.25, -0.2) is 0 Å². The quantitative estimate of drug-likeness (QED) is 0.0322. The van der Waals surface area contributed by atoms with E-state index in [1.54, 1.807) is 0 Å². The van der Waals surface area contributed by atoms with E-state index in [0.29, 0.717) is 19.3 Å². The molecule has 6 nitrogen and oxygen atoms in total. The molecule has 0 bridgehead atoms. The Morgan fingerprint density at radius 1 is 0.483 bits per heavy atom. The number of rotatable bonds is 45. The van der Waals surface area contributed by atoms with Gasteiger partial charge in [0.15, 0.2) is 0 Å². The molecule has 0 heterocycles. The highest BCUT2D eigenvalue weighted by Crippen LogP contribution is 2.18. The predicted molar refractivity (Wildman–Crippen MR) is 259 cm³/mol.